The van der Waals surface area contributed by atoms with Crippen molar-refractivity contribution in [1.29, 1.82) is 0 Å². The molecule has 2 aliphatic carbocycles. The highest BCUT2D eigenvalue weighted by Gasteiger charge is 2.44. The topological polar surface area (TPSA) is 114 Å². The van der Waals surface area contributed by atoms with Crippen molar-refractivity contribution < 1.29 is 32.2 Å². The van der Waals surface area contributed by atoms with Crippen LogP contribution in [0.1, 0.15) is 67.4 Å². The highest BCUT2D eigenvalue weighted by atomic mass is 35.5. The number of aryl methyl sites for hydroxylation is 1. The van der Waals surface area contributed by atoms with E-state index in [2.05, 4.69) is 27.8 Å². The van der Waals surface area contributed by atoms with Gasteiger partial charge in [0.15, 0.2) is 0 Å². The fraction of sp³-hybridized carbons (Fsp3) is 0.579. The third-order valence-electron chi connectivity index (χ3n) is 11.8. The van der Waals surface area contributed by atoms with Crippen LogP contribution in [0.3, 0.4) is 0 Å². The van der Waals surface area contributed by atoms with Crippen molar-refractivity contribution in [2.24, 2.45) is 17.8 Å². The van der Waals surface area contributed by atoms with Crippen molar-refractivity contribution in [2.75, 3.05) is 57.5 Å². The summed E-state index contributed by atoms with van der Waals surface area (Å²) in [6, 6.07) is 11.5. The number of sulfonamides is 1. The largest absolute Gasteiger partial charge is 0.490 e. The van der Waals surface area contributed by atoms with Crippen LogP contribution in [0.25, 0.3) is 0 Å². The number of nitrogens with one attached hydrogen (secondary N) is 1. The molecule has 12 heteroatoms. The van der Waals surface area contributed by atoms with Gasteiger partial charge in [-0.3, -0.25) is 9.59 Å². The average Bonchev–Trinajstić information content (AvgIpc) is 3.23. The van der Waals surface area contributed by atoms with E-state index in [9.17, 15) is 18.0 Å². The number of morpholine rings is 1. The predicted molar refractivity (Wildman–Crippen MR) is 192 cm³/mol. The molecular formula is C38H48ClN3O7S. The van der Waals surface area contributed by atoms with Gasteiger partial charge in [-0.2, -0.15) is 0 Å². The van der Waals surface area contributed by atoms with E-state index in [1.807, 2.05) is 25.1 Å². The Morgan fingerprint density at radius 2 is 1.98 bits per heavy atom. The zero-order valence-electron chi connectivity index (χ0n) is 28.9. The number of carbonyl (C=O) groups is 2. The number of carbonyl (C=O) groups excluding carboxylic acids is 2. The molecule has 3 heterocycles. The smallest absolute Gasteiger partial charge is 0.264 e. The number of amides is 2. The van der Waals surface area contributed by atoms with Crippen molar-refractivity contribution in [3.05, 3.63) is 70.3 Å². The van der Waals surface area contributed by atoms with Gasteiger partial charge in [0, 0.05) is 42.2 Å². The van der Waals surface area contributed by atoms with E-state index in [1.165, 1.54) is 11.1 Å². The van der Waals surface area contributed by atoms with Gasteiger partial charge in [-0.05, 0) is 105 Å². The van der Waals surface area contributed by atoms with E-state index in [0.29, 0.717) is 57.5 Å². The molecule has 1 saturated carbocycles. The summed E-state index contributed by atoms with van der Waals surface area (Å²) < 4.78 is 47.7. The molecule has 2 amide bonds. The molecule has 6 atom stereocenters. The van der Waals surface area contributed by atoms with Crippen molar-refractivity contribution in [3.8, 4) is 5.75 Å². The SMILES string of the molecule is C[C@@H]1[C@@H](C)C/C=C/[C@H](OCCN2CCOCC2=O)[C@@H]2CC[C@H]2CN2C[C@@]3(CCCc4cc(Cl)ccc43)COc3ccc(cc32)C(=O)NS1(=O)=O. The number of hydrogen-bond acceptors (Lipinski definition) is 8. The minimum absolute atomic E-state index is 0.0204. The summed E-state index contributed by atoms with van der Waals surface area (Å²) in [6.45, 7) is 7.55. The van der Waals surface area contributed by atoms with Crippen LogP contribution >= 0.6 is 11.6 Å². The summed E-state index contributed by atoms with van der Waals surface area (Å²) >= 11 is 6.45. The fourth-order valence-electron chi connectivity index (χ4n) is 8.41. The molecule has 0 unspecified atom stereocenters. The highest BCUT2D eigenvalue weighted by molar-refractivity contribution is 7.90. The summed E-state index contributed by atoms with van der Waals surface area (Å²) in [5.74, 6) is 0.335. The molecule has 2 fully saturated rings. The second-order valence-electron chi connectivity index (χ2n) is 14.9. The van der Waals surface area contributed by atoms with Crippen LogP contribution in [-0.2, 0) is 36.1 Å². The molecule has 2 bridgehead atoms. The van der Waals surface area contributed by atoms with E-state index in [4.69, 9.17) is 25.8 Å². The van der Waals surface area contributed by atoms with E-state index < -0.39 is 21.2 Å². The number of nitrogens with zero attached hydrogens (tertiary/aromatic N) is 2. The lowest BCUT2D eigenvalue weighted by Gasteiger charge is -2.46. The van der Waals surface area contributed by atoms with E-state index >= 15 is 0 Å². The van der Waals surface area contributed by atoms with Gasteiger partial charge in [0.25, 0.3) is 5.91 Å². The summed E-state index contributed by atoms with van der Waals surface area (Å²) in [6.07, 6.45) is 9.44. The van der Waals surface area contributed by atoms with Crippen LogP contribution in [0.4, 0.5) is 5.69 Å². The molecule has 2 aromatic rings. The Labute approximate surface area is 300 Å². The second-order valence-corrected chi connectivity index (χ2v) is 17.4. The Morgan fingerprint density at radius 1 is 1.12 bits per heavy atom. The van der Waals surface area contributed by atoms with Crippen molar-refractivity contribution in [3.63, 3.8) is 0 Å². The van der Waals surface area contributed by atoms with Gasteiger partial charge in [-0.1, -0.05) is 36.7 Å². The maximum absolute atomic E-state index is 13.5. The summed E-state index contributed by atoms with van der Waals surface area (Å²) in [5.41, 5.74) is 3.30. The van der Waals surface area contributed by atoms with Gasteiger partial charge >= 0.3 is 0 Å². The third kappa shape index (κ3) is 7.16. The Morgan fingerprint density at radius 3 is 2.78 bits per heavy atom. The first-order valence-corrected chi connectivity index (χ1v) is 20.0. The lowest BCUT2D eigenvalue weighted by atomic mass is 9.68. The van der Waals surface area contributed by atoms with Gasteiger partial charge in [-0.15, -0.1) is 0 Å². The first-order chi connectivity index (χ1) is 24.0. The molecule has 0 radical (unpaired) electrons. The molecule has 5 aliphatic rings. The molecule has 0 aromatic heterocycles. The summed E-state index contributed by atoms with van der Waals surface area (Å²) in [5, 5.41) is -0.0695. The summed E-state index contributed by atoms with van der Waals surface area (Å²) in [7, 11) is -3.96. The minimum Gasteiger partial charge on any atom is -0.490 e. The first kappa shape index (κ1) is 35.3. The number of benzene rings is 2. The molecule has 50 heavy (non-hydrogen) atoms. The Kier molecular flexibility index (Phi) is 10.2. The quantitative estimate of drug-likeness (QED) is 0.432. The molecule has 1 spiro atoms. The number of hydrogen-bond donors (Lipinski definition) is 1. The zero-order valence-corrected chi connectivity index (χ0v) is 30.5. The lowest BCUT2D eigenvalue weighted by molar-refractivity contribution is -0.144. The van der Waals surface area contributed by atoms with E-state index in [1.54, 1.807) is 24.0 Å². The molecule has 270 valence electrons. The lowest BCUT2D eigenvalue weighted by Crippen LogP contribution is -2.50. The van der Waals surface area contributed by atoms with Gasteiger partial charge in [0.2, 0.25) is 15.9 Å². The maximum atomic E-state index is 13.5. The second kappa shape index (κ2) is 14.5. The molecule has 7 rings (SSSR count). The van der Waals surface area contributed by atoms with Gasteiger partial charge in [0.1, 0.15) is 12.4 Å². The van der Waals surface area contributed by atoms with E-state index in [0.717, 1.165) is 49.4 Å². The molecule has 10 nitrogen and oxygen atoms in total. The normalized spacial score (nSPS) is 31.8. The van der Waals surface area contributed by atoms with Crippen LogP contribution in [0.5, 0.6) is 5.75 Å². The van der Waals surface area contributed by atoms with Gasteiger partial charge < -0.3 is 24.0 Å². The third-order valence-corrected chi connectivity index (χ3v) is 13.9. The number of anilines is 1. The molecule has 1 N–H and O–H groups in total. The molecular weight excluding hydrogens is 678 g/mol. The number of rotatable bonds is 4. The minimum atomic E-state index is -3.96. The zero-order chi connectivity index (χ0) is 35.0. The average molecular weight is 726 g/mol. The van der Waals surface area contributed by atoms with Crippen molar-refractivity contribution >= 4 is 39.1 Å². The van der Waals surface area contributed by atoms with Gasteiger partial charge in [0.05, 0.1) is 36.9 Å². The molecule has 2 aromatic carbocycles. The predicted octanol–water partition coefficient (Wildman–Crippen LogP) is 5.13. The first-order valence-electron chi connectivity index (χ1n) is 18.0. The molecule has 1 saturated heterocycles. The Hall–Kier alpha value is -3.12. The van der Waals surface area contributed by atoms with Crippen molar-refractivity contribution in [2.45, 2.75) is 69.1 Å². The van der Waals surface area contributed by atoms with Crippen LogP contribution in [0.2, 0.25) is 5.02 Å². The van der Waals surface area contributed by atoms with Crippen LogP contribution < -0.4 is 14.4 Å². The Bertz CT molecular complexity index is 1750. The van der Waals surface area contributed by atoms with Crippen LogP contribution in [0.15, 0.2) is 48.6 Å². The van der Waals surface area contributed by atoms with Crippen LogP contribution in [0, 0.1) is 17.8 Å². The van der Waals surface area contributed by atoms with Crippen LogP contribution in [-0.4, -0.2) is 89.1 Å². The van der Waals surface area contributed by atoms with Gasteiger partial charge in [-0.25, -0.2) is 13.1 Å². The number of fused-ring (bicyclic) bond motifs is 4. The summed E-state index contributed by atoms with van der Waals surface area (Å²) in [4.78, 5) is 30.1. The fourth-order valence-corrected chi connectivity index (χ4v) is 9.89. The standard InChI is InChI=1S/C38H48ClN3O7S/c1-25-5-3-7-34(48-18-16-41-15-17-47-22-36(41)43)31-11-8-29(31)21-42-23-38(14-4-6-27-19-30(39)10-12-32(27)38)24-49-35-13-9-28(20-33(35)42)37(44)40-50(45,46)26(25)2/h3,7,9-10,12-13,19-20,25-26,29,31,34H,4-6,8,11,14-18,21-24H2,1-2H3,(H,40,44)/b7-3+/t25-,26+,29-,31+,34-,38-/m0/s1. The van der Waals surface area contributed by atoms with Crippen molar-refractivity contribution in [1.82, 2.24) is 9.62 Å². The maximum Gasteiger partial charge on any atom is 0.264 e. The van der Waals surface area contributed by atoms with E-state index in [-0.39, 0.29) is 41.4 Å². The number of allylic oxidation sites excluding steroid dienone is 1. The molecule has 3 aliphatic heterocycles. The number of ether oxygens (including phenoxy) is 3. The number of halogens is 1. The highest BCUT2D eigenvalue weighted by Crippen LogP contribution is 2.47. The Balaban J connectivity index is 1.23. The monoisotopic (exact) mass is 725 g/mol.